The lowest BCUT2D eigenvalue weighted by molar-refractivity contribution is 0.259. The van der Waals surface area contributed by atoms with Crippen LogP contribution in [0.4, 0.5) is 4.39 Å². The summed E-state index contributed by atoms with van der Waals surface area (Å²) in [6, 6.07) is 6.94. The number of hydrogen-bond acceptors (Lipinski definition) is 3. The molecule has 0 heterocycles. The number of nitrogens with zero attached hydrogens (tertiary/aromatic N) is 1. The van der Waals surface area contributed by atoms with Crippen molar-refractivity contribution in [1.29, 1.82) is 5.26 Å². The van der Waals surface area contributed by atoms with Crippen LogP contribution in [0.25, 0.3) is 0 Å². The van der Waals surface area contributed by atoms with Crippen LogP contribution in [0.5, 0.6) is 0 Å². The quantitative estimate of drug-likeness (QED) is 0.929. The molecule has 0 amide bonds. The van der Waals surface area contributed by atoms with E-state index < -0.39 is 21.4 Å². The van der Waals surface area contributed by atoms with E-state index in [1.54, 1.807) is 0 Å². The molecule has 1 saturated carbocycles. The fourth-order valence-electron chi connectivity index (χ4n) is 2.77. The van der Waals surface area contributed by atoms with Gasteiger partial charge in [0.1, 0.15) is 11.4 Å². The normalized spacial score (nSPS) is 26.2. The van der Waals surface area contributed by atoms with Gasteiger partial charge in [0.2, 0.25) is 10.0 Å². The summed E-state index contributed by atoms with van der Waals surface area (Å²) in [5.41, 5.74) is -1.07. The minimum Gasteiger partial charge on any atom is -0.207 e. The van der Waals surface area contributed by atoms with Gasteiger partial charge < -0.3 is 0 Å². The molecule has 0 atom stereocenters. The minimum atomic E-state index is -3.89. The van der Waals surface area contributed by atoms with Crippen LogP contribution >= 0.6 is 0 Å². The van der Waals surface area contributed by atoms with E-state index >= 15 is 0 Å². The summed E-state index contributed by atoms with van der Waals surface area (Å²) >= 11 is 0. The molecule has 21 heavy (non-hydrogen) atoms. The van der Waals surface area contributed by atoms with Gasteiger partial charge in [-0.1, -0.05) is 19.4 Å². The lowest BCUT2D eigenvalue weighted by Crippen LogP contribution is -2.49. The van der Waals surface area contributed by atoms with Crippen LogP contribution in [0, 0.1) is 23.1 Å². The first-order chi connectivity index (χ1) is 9.91. The highest BCUT2D eigenvalue weighted by Crippen LogP contribution is 2.34. The van der Waals surface area contributed by atoms with Crippen molar-refractivity contribution < 1.29 is 12.8 Å². The number of halogens is 1. The third kappa shape index (κ3) is 3.60. The van der Waals surface area contributed by atoms with E-state index in [4.69, 9.17) is 0 Å². The Morgan fingerprint density at radius 2 is 2.10 bits per heavy atom. The summed E-state index contributed by atoms with van der Waals surface area (Å²) < 4.78 is 40.4. The molecular formula is C15H19FN2O2S. The Balaban J connectivity index is 2.21. The highest BCUT2D eigenvalue weighted by molar-refractivity contribution is 7.89. The van der Waals surface area contributed by atoms with E-state index in [2.05, 4.69) is 17.7 Å². The van der Waals surface area contributed by atoms with Gasteiger partial charge in [-0.3, -0.25) is 0 Å². The van der Waals surface area contributed by atoms with Gasteiger partial charge in [-0.05, 0) is 49.8 Å². The zero-order valence-corrected chi connectivity index (χ0v) is 12.8. The Kier molecular flexibility index (Phi) is 4.64. The molecule has 0 spiro atoms. The fraction of sp³-hybridized carbons (Fsp3) is 0.533. The average Bonchev–Trinajstić information content (AvgIpc) is 2.47. The molecule has 0 radical (unpaired) electrons. The number of nitriles is 1. The fourth-order valence-corrected chi connectivity index (χ4v) is 4.17. The number of rotatable bonds is 4. The van der Waals surface area contributed by atoms with E-state index in [0.717, 1.165) is 25.3 Å². The molecule has 0 aliphatic heterocycles. The van der Waals surface area contributed by atoms with Crippen LogP contribution in [0.15, 0.2) is 29.2 Å². The Hall–Kier alpha value is -1.45. The molecule has 1 N–H and O–H groups in total. The molecule has 0 bridgehead atoms. The second-order valence-corrected chi connectivity index (χ2v) is 7.29. The van der Waals surface area contributed by atoms with Crippen LogP contribution in [-0.4, -0.2) is 14.0 Å². The zero-order chi connectivity index (χ0) is 15.5. The lowest BCUT2D eigenvalue weighted by Gasteiger charge is -2.34. The summed E-state index contributed by atoms with van der Waals surface area (Å²) in [5.74, 6) is -0.0660. The van der Waals surface area contributed by atoms with Crippen molar-refractivity contribution in [3.05, 3.63) is 30.1 Å². The second-order valence-electron chi connectivity index (χ2n) is 5.61. The third-order valence-corrected chi connectivity index (χ3v) is 5.72. The van der Waals surface area contributed by atoms with E-state index in [-0.39, 0.29) is 4.90 Å². The highest BCUT2D eigenvalue weighted by Gasteiger charge is 2.38. The molecule has 1 fully saturated rings. The number of benzene rings is 1. The Bertz CT molecular complexity index is 644. The van der Waals surface area contributed by atoms with Gasteiger partial charge in [0.05, 0.1) is 11.0 Å². The maximum atomic E-state index is 13.2. The van der Waals surface area contributed by atoms with Crippen molar-refractivity contribution in [3.63, 3.8) is 0 Å². The maximum Gasteiger partial charge on any atom is 0.242 e. The van der Waals surface area contributed by atoms with Crippen LogP contribution in [0.2, 0.25) is 0 Å². The van der Waals surface area contributed by atoms with Gasteiger partial charge in [0, 0.05) is 0 Å². The van der Waals surface area contributed by atoms with Crippen LogP contribution in [-0.2, 0) is 10.0 Å². The molecule has 0 aromatic heterocycles. The van der Waals surface area contributed by atoms with Crippen molar-refractivity contribution in [2.75, 3.05) is 0 Å². The molecule has 114 valence electrons. The van der Waals surface area contributed by atoms with Gasteiger partial charge in [0.15, 0.2) is 0 Å². The Labute approximate surface area is 125 Å². The topological polar surface area (TPSA) is 70.0 Å². The van der Waals surface area contributed by atoms with E-state index in [0.29, 0.717) is 18.8 Å². The second kappa shape index (κ2) is 6.12. The third-order valence-electron chi connectivity index (χ3n) is 4.19. The smallest absolute Gasteiger partial charge is 0.207 e. The van der Waals surface area contributed by atoms with Crippen molar-refractivity contribution >= 4 is 10.0 Å². The first kappa shape index (κ1) is 15.9. The van der Waals surface area contributed by atoms with Crippen LogP contribution in [0.3, 0.4) is 0 Å². The SMILES string of the molecule is CCC1CCC(C#N)(NS(=O)(=O)c2cccc(F)c2)CC1. The molecule has 1 aliphatic rings. The van der Waals surface area contributed by atoms with E-state index in [1.807, 2.05) is 0 Å². The van der Waals surface area contributed by atoms with Gasteiger partial charge in [-0.25, -0.2) is 12.8 Å². The van der Waals surface area contributed by atoms with Crippen molar-refractivity contribution in [2.24, 2.45) is 5.92 Å². The summed E-state index contributed by atoms with van der Waals surface area (Å²) in [7, 11) is -3.89. The first-order valence-corrected chi connectivity index (χ1v) is 8.60. The summed E-state index contributed by atoms with van der Waals surface area (Å²) in [4.78, 5) is -0.144. The molecule has 2 rings (SSSR count). The molecule has 1 aliphatic carbocycles. The van der Waals surface area contributed by atoms with Gasteiger partial charge >= 0.3 is 0 Å². The monoisotopic (exact) mass is 310 g/mol. The summed E-state index contributed by atoms with van der Waals surface area (Å²) in [5, 5.41) is 9.41. The van der Waals surface area contributed by atoms with Crippen molar-refractivity contribution in [1.82, 2.24) is 4.72 Å². The van der Waals surface area contributed by atoms with E-state index in [9.17, 15) is 18.1 Å². The van der Waals surface area contributed by atoms with Gasteiger partial charge in [-0.2, -0.15) is 9.98 Å². The molecule has 0 saturated heterocycles. The Morgan fingerprint density at radius 1 is 1.43 bits per heavy atom. The zero-order valence-electron chi connectivity index (χ0n) is 12.0. The number of sulfonamides is 1. The van der Waals surface area contributed by atoms with Crippen LogP contribution < -0.4 is 4.72 Å². The highest BCUT2D eigenvalue weighted by atomic mass is 32.2. The molecule has 1 aromatic rings. The summed E-state index contributed by atoms with van der Waals surface area (Å²) in [6.07, 6.45) is 3.69. The standard InChI is InChI=1S/C15H19FN2O2S/c1-2-12-6-8-15(11-17,9-7-12)18-21(19,20)14-5-3-4-13(16)10-14/h3-5,10,12,18H,2,6-9H2,1H3. The lowest BCUT2D eigenvalue weighted by atomic mass is 9.77. The molecule has 1 aromatic carbocycles. The number of nitrogens with one attached hydrogen (secondary N) is 1. The molecule has 0 unspecified atom stereocenters. The molecule has 4 nitrogen and oxygen atoms in total. The van der Waals surface area contributed by atoms with Gasteiger partial charge in [0.25, 0.3) is 0 Å². The van der Waals surface area contributed by atoms with Crippen molar-refractivity contribution in [2.45, 2.75) is 49.5 Å². The predicted molar refractivity (Wildman–Crippen MR) is 77.3 cm³/mol. The predicted octanol–water partition coefficient (Wildman–Crippen LogP) is 2.97. The Morgan fingerprint density at radius 3 is 2.62 bits per heavy atom. The first-order valence-electron chi connectivity index (χ1n) is 7.11. The van der Waals surface area contributed by atoms with Crippen molar-refractivity contribution in [3.8, 4) is 6.07 Å². The average molecular weight is 310 g/mol. The largest absolute Gasteiger partial charge is 0.242 e. The molecular weight excluding hydrogens is 291 g/mol. The summed E-state index contributed by atoms with van der Waals surface area (Å²) in [6.45, 7) is 2.10. The van der Waals surface area contributed by atoms with Gasteiger partial charge in [-0.15, -0.1) is 0 Å². The van der Waals surface area contributed by atoms with E-state index in [1.165, 1.54) is 18.2 Å². The molecule has 6 heteroatoms. The maximum absolute atomic E-state index is 13.2. The number of hydrogen-bond donors (Lipinski definition) is 1. The minimum absolute atomic E-state index is 0.144. The van der Waals surface area contributed by atoms with Crippen LogP contribution in [0.1, 0.15) is 39.0 Å².